The van der Waals surface area contributed by atoms with Crippen LogP contribution < -0.4 is 5.32 Å². The number of thiocarbonyl (C=S) groups is 1. The van der Waals surface area contributed by atoms with Crippen LogP contribution in [0.4, 0.5) is 0 Å². The zero-order valence-electron chi connectivity index (χ0n) is 11.3. The molecule has 1 saturated heterocycles. The third-order valence-electron chi connectivity index (χ3n) is 4.57. The molecule has 2 aliphatic rings. The monoisotopic (exact) mass is 278 g/mol. The summed E-state index contributed by atoms with van der Waals surface area (Å²) in [6.07, 6.45) is 8.68. The van der Waals surface area contributed by atoms with Crippen LogP contribution in [0.5, 0.6) is 0 Å². The summed E-state index contributed by atoms with van der Waals surface area (Å²) >= 11 is 5.51. The van der Waals surface area contributed by atoms with Gasteiger partial charge in [-0.05, 0) is 49.0 Å². The highest BCUT2D eigenvalue weighted by molar-refractivity contribution is 7.80. The Labute approximate surface area is 120 Å². The second kappa shape index (κ2) is 5.95. The first-order chi connectivity index (χ1) is 9.33. The summed E-state index contributed by atoms with van der Waals surface area (Å²) in [7, 11) is 0. The summed E-state index contributed by atoms with van der Waals surface area (Å²) in [6, 6.07) is 3.89. The smallest absolute Gasteiger partial charge is 0.169 e. The van der Waals surface area contributed by atoms with Crippen LogP contribution in [-0.2, 0) is 6.54 Å². The minimum atomic E-state index is 0.691. The Morgan fingerprint density at radius 3 is 2.95 bits per heavy atom. The average molecular weight is 278 g/mol. The Hall–Kier alpha value is -1.03. The van der Waals surface area contributed by atoms with E-state index < -0.39 is 0 Å². The highest BCUT2D eigenvalue weighted by Gasteiger charge is 2.31. The molecule has 1 aromatic heterocycles. The van der Waals surface area contributed by atoms with Gasteiger partial charge in [-0.3, -0.25) is 0 Å². The molecule has 3 rings (SSSR count). The van der Waals surface area contributed by atoms with Gasteiger partial charge in [-0.1, -0.05) is 19.3 Å². The minimum Gasteiger partial charge on any atom is -0.467 e. The lowest BCUT2D eigenvalue weighted by Crippen LogP contribution is -2.48. The molecule has 0 aromatic carbocycles. The van der Waals surface area contributed by atoms with E-state index in [0.29, 0.717) is 6.54 Å². The van der Waals surface area contributed by atoms with Crippen molar-refractivity contribution in [3.63, 3.8) is 0 Å². The SMILES string of the molecule is S=C(NCc1ccco1)N1CCC2CCCCC2C1. The molecule has 0 spiro atoms. The van der Waals surface area contributed by atoms with Crippen molar-refractivity contribution in [2.75, 3.05) is 13.1 Å². The molecular formula is C15H22N2OS. The van der Waals surface area contributed by atoms with E-state index in [0.717, 1.165) is 35.8 Å². The summed E-state index contributed by atoms with van der Waals surface area (Å²) in [4.78, 5) is 2.35. The van der Waals surface area contributed by atoms with Crippen LogP contribution in [0.2, 0.25) is 0 Å². The zero-order chi connectivity index (χ0) is 13.1. The fourth-order valence-electron chi connectivity index (χ4n) is 3.47. The number of furan rings is 1. The van der Waals surface area contributed by atoms with Crippen LogP contribution in [0.25, 0.3) is 0 Å². The zero-order valence-corrected chi connectivity index (χ0v) is 12.1. The molecule has 104 valence electrons. The molecule has 2 heterocycles. The Balaban J connectivity index is 1.50. The maximum Gasteiger partial charge on any atom is 0.169 e. The number of likely N-dealkylation sites (tertiary alicyclic amines) is 1. The summed E-state index contributed by atoms with van der Waals surface area (Å²) in [6.45, 7) is 2.95. The number of piperidine rings is 1. The van der Waals surface area contributed by atoms with Crippen molar-refractivity contribution in [2.45, 2.75) is 38.6 Å². The summed E-state index contributed by atoms with van der Waals surface area (Å²) in [5, 5.41) is 4.20. The Kier molecular flexibility index (Phi) is 4.06. The molecule has 2 atom stereocenters. The standard InChI is InChI=1S/C15H22N2OS/c19-15(16-10-14-6-3-9-18-14)17-8-7-12-4-1-2-5-13(12)11-17/h3,6,9,12-13H,1-2,4-5,7-8,10-11H2,(H,16,19). The van der Waals surface area contributed by atoms with Gasteiger partial charge in [-0.2, -0.15) is 0 Å². The lowest BCUT2D eigenvalue weighted by Gasteiger charge is -2.42. The van der Waals surface area contributed by atoms with E-state index in [1.165, 1.54) is 32.1 Å². The highest BCUT2D eigenvalue weighted by atomic mass is 32.1. The summed E-state index contributed by atoms with van der Waals surface area (Å²) < 4.78 is 5.32. The van der Waals surface area contributed by atoms with Gasteiger partial charge >= 0.3 is 0 Å². The highest BCUT2D eigenvalue weighted by Crippen LogP contribution is 2.35. The van der Waals surface area contributed by atoms with Crippen LogP contribution >= 0.6 is 12.2 Å². The molecule has 1 N–H and O–H groups in total. The van der Waals surface area contributed by atoms with E-state index in [1.54, 1.807) is 6.26 Å². The van der Waals surface area contributed by atoms with Gasteiger partial charge in [-0.15, -0.1) is 0 Å². The molecule has 0 amide bonds. The van der Waals surface area contributed by atoms with Crippen molar-refractivity contribution in [2.24, 2.45) is 11.8 Å². The van der Waals surface area contributed by atoms with Crippen LogP contribution in [0.15, 0.2) is 22.8 Å². The maximum absolute atomic E-state index is 5.51. The van der Waals surface area contributed by atoms with Gasteiger partial charge in [0.05, 0.1) is 12.8 Å². The van der Waals surface area contributed by atoms with E-state index in [1.807, 2.05) is 12.1 Å². The van der Waals surface area contributed by atoms with Gasteiger partial charge in [-0.25, -0.2) is 0 Å². The quantitative estimate of drug-likeness (QED) is 0.841. The van der Waals surface area contributed by atoms with E-state index in [-0.39, 0.29) is 0 Å². The first kappa shape index (κ1) is 13.0. The van der Waals surface area contributed by atoms with Crippen molar-refractivity contribution in [1.29, 1.82) is 0 Å². The van der Waals surface area contributed by atoms with Gasteiger partial charge in [0.15, 0.2) is 5.11 Å². The fraction of sp³-hybridized carbons (Fsp3) is 0.667. The van der Waals surface area contributed by atoms with Crippen molar-refractivity contribution in [3.8, 4) is 0 Å². The number of nitrogens with zero attached hydrogens (tertiary/aromatic N) is 1. The van der Waals surface area contributed by atoms with Crippen LogP contribution in [0.1, 0.15) is 37.9 Å². The van der Waals surface area contributed by atoms with E-state index in [4.69, 9.17) is 16.6 Å². The number of nitrogens with one attached hydrogen (secondary N) is 1. The van der Waals surface area contributed by atoms with Crippen molar-refractivity contribution >= 4 is 17.3 Å². The molecule has 3 nitrogen and oxygen atoms in total. The normalized spacial score (nSPS) is 26.8. The molecule has 1 aliphatic heterocycles. The lowest BCUT2D eigenvalue weighted by molar-refractivity contribution is 0.129. The number of hydrogen-bond acceptors (Lipinski definition) is 2. The first-order valence-corrected chi connectivity index (χ1v) is 7.79. The molecule has 1 aromatic rings. The Morgan fingerprint density at radius 1 is 1.32 bits per heavy atom. The first-order valence-electron chi connectivity index (χ1n) is 7.38. The second-order valence-corrected chi connectivity index (χ2v) is 6.16. The molecule has 19 heavy (non-hydrogen) atoms. The summed E-state index contributed by atoms with van der Waals surface area (Å²) in [5.41, 5.74) is 0. The van der Waals surface area contributed by atoms with Gasteiger partial charge in [0.25, 0.3) is 0 Å². The van der Waals surface area contributed by atoms with Gasteiger partial charge < -0.3 is 14.6 Å². The number of rotatable bonds is 2. The predicted octanol–water partition coefficient (Wildman–Crippen LogP) is 3.17. The van der Waals surface area contributed by atoms with E-state index in [9.17, 15) is 0 Å². The minimum absolute atomic E-state index is 0.691. The molecule has 1 saturated carbocycles. The third-order valence-corrected chi connectivity index (χ3v) is 4.97. The number of fused-ring (bicyclic) bond motifs is 1. The number of hydrogen-bond donors (Lipinski definition) is 1. The van der Waals surface area contributed by atoms with E-state index in [2.05, 4.69) is 10.2 Å². The molecule has 2 unspecified atom stereocenters. The average Bonchev–Trinajstić information content (AvgIpc) is 2.97. The van der Waals surface area contributed by atoms with Crippen molar-refractivity contribution in [1.82, 2.24) is 10.2 Å². The molecule has 0 bridgehead atoms. The third kappa shape index (κ3) is 3.11. The largest absolute Gasteiger partial charge is 0.467 e. The van der Waals surface area contributed by atoms with Gasteiger partial charge in [0.1, 0.15) is 5.76 Å². The predicted molar refractivity (Wildman–Crippen MR) is 79.8 cm³/mol. The van der Waals surface area contributed by atoms with Gasteiger partial charge in [0, 0.05) is 13.1 Å². The fourth-order valence-corrected chi connectivity index (χ4v) is 3.71. The van der Waals surface area contributed by atoms with E-state index >= 15 is 0 Å². The van der Waals surface area contributed by atoms with Crippen LogP contribution in [0, 0.1) is 11.8 Å². The van der Waals surface area contributed by atoms with Crippen LogP contribution in [0.3, 0.4) is 0 Å². The summed E-state index contributed by atoms with van der Waals surface area (Å²) in [5.74, 6) is 2.76. The Morgan fingerprint density at radius 2 is 2.16 bits per heavy atom. The second-order valence-electron chi connectivity index (χ2n) is 5.78. The molecular weight excluding hydrogens is 256 g/mol. The van der Waals surface area contributed by atoms with Crippen molar-refractivity contribution < 1.29 is 4.42 Å². The molecule has 1 aliphatic carbocycles. The molecule has 0 radical (unpaired) electrons. The van der Waals surface area contributed by atoms with Crippen molar-refractivity contribution in [3.05, 3.63) is 24.2 Å². The maximum atomic E-state index is 5.51. The lowest BCUT2D eigenvalue weighted by atomic mass is 9.75. The Bertz CT molecular complexity index is 418. The molecule has 4 heteroatoms. The van der Waals surface area contributed by atoms with Gasteiger partial charge in [0.2, 0.25) is 0 Å². The molecule has 2 fully saturated rings. The van der Waals surface area contributed by atoms with Crippen LogP contribution in [-0.4, -0.2) is 23.1 Å². The topological polar surface area (TPSA) is 28.4 Å².